The number of aliphatic hydroxyl groups is 4. The monoisotopic (exact) mass is 476 g/mol. The van der Waals surface area contributed by atoms with Crippen molar-refractivity contribution in [2.75, 3.05) is 20.8 Å². The first-order chi connectivity index (χ1) is 16.2. The van der Waals surface area contributed by atoms with Gasteiger partial charge in [-0.1, -0.05) is 0 Å². The Bertz CT molecular complexity index is 1250. The van der Waals surface area contributed by atoms with E-state index in [1.807, 2.05) is 0 Å². The van der Waals surface area contributed by atoms with E-state index in [2.05, 4.69) is 0 Å². The average molecular weight is 476 g/mol. The number of fused-ring (bicyclic) bond motifs is 1. The summed E-state index contributed by atoms with van der Waals surface area (Å²) in [6, 6.07) is 7.03. The summed E-state index contributed by atoms with van der Waals surface area (Å²) in [7, 11) is 2.52. The second-order valence-electron chi connectivity index (χ2n) is 7.80. The topological polar surface area (TPSA) is 179 Å². The molecule has 1 saturated heterocycles. The first-order valence-electron chi connectivity index (χ1n) is 10.3. The van der Waals surface area contributed by atoms with Crippen LogP contribution in [0.3, 0.4) is 0 Å². The Hall–Kier alpha value is -3.35. The Morgan fingerprint density at radius 3 is 2.18 bits per heavy atom. The lowest BCUT2D eigenvalue weighted by molar-refractivity contribution is -0.232. The van der Waals surface area contributed by atoms with Gasteiger partial charge in [0.2, 0.25) is 5.75 Å². The molecule has 0 bridgehead atoms. The molecule has 2 aromatic carbocycles. The lowest BCUT2D eigenvalue weighted by atomic mass is 9.89. The number of phenolic OH excluding ortho intramolecular Hbond substituents is 2. The zero-order valence-corrected chi connectivity index (χ0v) is 18.2. The number of methoxy groups -OCH3 is 2. The van der Waals surface area contributed by atoms with Gasteiger partial charge in [0, 0.05) is 11.6 Å². The van der Waals surface area contributed by atoms with Gasteiger partial charge in [0.25, 0.3) is 0 Å². The number of benzene rings is 2. The summed E-state index contributed by atoms with van der Waals surface area (Å²) >= 11 is 0. The number of hydrogen-bond acceptors (Lipinski definition) is 11. The van der Waals surface area contributed by atoms with Crippen LogP contribution in [0.15, 0.2) is 39.5 Å². The first kappa shape index (κ1) is 23.8. The fraction of sp³-hybridized carbons (Fsp3) is 0.348. The third-order valence-corrected chi connectivity index (χ3v) is 5.83. The summed E-state index contributed by atoms with van der Waals surface area (Å²) in [5, 5.41) is 60.8. The lowest BCUT2D eigenvalue weighted by Gasteiger charge is -2.40. The minimum absolute atomic E-state index is 0.0213. The van der Waals surface area contributed by atoms with Gasteiger partial charge in [0.15, 0.2) is 16.8 Å². The molecule has 1 aliphatic rings. The summed E-state index contributed by atoms with van der Waals surface area (Å²) < 4.78 is 22.3. The van der Waals surface area contributed by atoms with E-state index in [0.717, 1.165) is 6.07 Å². The molecule has 182 valence electrons. The first-order valence-corrected chi connectivity index (χ1v) is 10.3. The van der Waals surface area contributed by atoms with Crippen molar-refractivity contribution < 1.29 is 49.3 Å². The van der Waals surface area contributed by atoms with Crippen LogP contribution < -0.4 is 14.9 Å². The van der Waals surface area contributed by atoms with Gasteiger partial charge < -0.3 is 49.3 Å². The van der Waals surface area contributed by atoms with Crippen molar-refractivity contribution >= 4 is 11.0 Å². The van der Waals surface area contributed by atoms with Crippen LogP contribution in [-0.2, 0) is 4.74 Å². The molecule has 34 heavy (non-hydrogen) atoms. The van der Waals surface area contributed by atoms with Crippen molar-refractivity contribution in [3.63, 3.8) is 0 Å². The predicted molar refractivity (Wildman–Crippen MR) is 117 cm³/mol. The zero-order chi connectivity index (χ0) is 24.7. The second-order valence-corrected chi connectivity index (χ2v) is 7.80. The highest BCUT2D eigenvalue weighted by Gasteiger charge is 2.47. The minimum Gasteiger partial charge on any atom is -0.508 e. The van der Waals surface area contributed by atoms with E-state index in [-0.39, 0.29) is 39.5 Å². The van der Waals surface area contributed by atoms with Gasteiger partial charge in [0.05, 0.1) is 26.4 Å². The maximum Gasteiger partial charge on any atom is 0.205 e. The van der Waals surface area contributed by atoms with E-state index in [0.29, 0.717) is 5.56 Å². The maximum atomic E-state index is 13.1. The van der Waals surface area contributed by atoms with Crippen LogP contribution in [0.1, 0.15) is 11.7 Å². The lowest BCUT2D eigenvalue weighted by Crippen LogP contribution is -2.55. The molecule has 11 nitrogen and oxygen atoms in total. The number of aliphatic hydroxyl groups excluding tert-OH is 4. The van der Waals surface area contributed by atoms with Crippen LogP contribution in [0.5, 0.6) is 23.0 Å². The number of hydrogen-bond donors (Lipinski definition) is 6. The molecule has 0 aliphatic carbocycles. The molecule has 2 heterocycles. The Kier molecular flexibility index (Phi) is 6.39. The third-order valence-electron chi connectivity index (χ3n) is 5.83. The van der Waals surface area contributed by atoms with Crippen LogP contribution in [-0.4, -0.2) is 75.9 Å². The van der Waals surface area contributed by atoms with E-state index in [9.17, 15) is 35.4 Å². The molecule has 0 saturated carbocycles. The zero-order valence-electron chi connectivity index (χ0n) is 18.2. The summed E-state index contributed by atoms with van der Waals surface area (Å²) in [5.74, 6) is -0.753. The van der Waals surface area contributed by atoms with Crippen LogP contribution in [0.4, 0.5) is 0 Å². The van der Waals surface area contributed by atoms with Crippen LogP contribution in [0.2, 0.25) is 0 Å². The van der Waals surface area contributed by atoms with Gasteiger partial charge in [-0.3, -0.25) is 4.79 Å². The molecule has 3 aromatic rings. The normalized spacial score (nSPS) is 24.8. The highest BCUT2D eigenvalue weighted by atomic mass is 16.5. The number of aromatic hydroxyl groups is 2. The fourth-order valence-corrected chi connectivity index (χ4v) is 4.11. The highest BCUT2D eigenvalue weighted by Crippen LogP contribution is 2.50. The van der Waals surface area contributed by atoms with Gasteiger partial charge in [-0.15, -0.1) is 0 Å². The van der Waals surface area contributed by atoms with Crippen LogP contribution in [0.25, 0.3) is 22.3 Å². The highest BCUT2D eigenvalue weighted by molar-refractivity contribution is 5.94. The van der Waals surface area contributed by atoms with Gasteiger partial charge in [-0.05, 0) is 24.3 Å². The van der Waals surface area contributed by atoms with Gasteiger partial charge >= 0.3 is 0 Å². The standard InChI is InChI=1S/C23H24O11/c1-31-21-15(20-19(30)18(29)16(27)13(8-24)34-20)17(28)14-11(26)7-12(33-22(14)23(21)32-2)9-3-5-10(25)6-4-9/h3-7,13,16,18-20,24-25,27-30H,8H2,1-2H3. The van der Waals surface area contributed by atoms with E-state index in [1.54, 1.807) is 0 Å². The van der Waals surface area contributed by atoms with E-state index < -0.39 is 48.3 Å². The molecule has 0 spiro atoms. The van der Waals surface area contributed by atoms with Crippen molar-refractivity contribution in [1.29, 1.82) is 0 Å². The van der Waals surface area contributed by atoms with E-state index in [1.165, 1.54) is 38.5 Å². The molecule has 11 heteroatoms. The number of rotatable bonds is 5. The smallest absolute Gasteiger partial charge is 0.205 e. The Balaban J connectivity index is 1.99. The van der Waals surface area contributed by atoms with Gasteiger partial charge in [0.1, 0.15) is 53.2 Å². The van der Waals surface area contributed by atoms with Crippen molar-refractivity contribution in [1.82, 2.24) is 0 Å². The summed E-state index contributed by atoms with van der Waals surface area (Å²) in [6.07, 6.45) is -7.86. The van der Waals surface area contributed by atoms with Crippen molar-refractivity contribution in [3.05, 3.63) is 46.1 Å². The summed E-state index contributed by atoms with van der Waals surface area (Å²) in [6.45, 7) is -0.687. The van der Waals surface area contributed by atoms with Crippen molar-refractivity contribution in [3.8, 4) is 34.3 Å². The van der Waals surface area contributed by atoms with Crippen LogP contribution in [0, 0.1) is 0 Å². The summed E-state index contributed by atoms with van der Waals surface area (Å²) in [4.78, 5) is 13.1. The fourth-order valence-electron chi connectivity index (χ4n) is 4.11. The van der Waals surface area contributed by atoms with Gasteiger partial charge in [-0.25, -0.2) is 0 Å². The molecule has 0 radical (unpaired) electrons. The maximum absolute atomic E-state index is 13.1. The van der Waals surface area contributed by atoms with Crippen LogP contribution >= 0.6 is 0 Å². The molecular weight excluding hydrogens is 452 g/mol. The molecule has 1 aromatic heterocycles. The molecule has 4 rings (SSSR count). The van der Waals surface area contributed by atoms with Crippen molar-refractivity contribution in [2.45, 2.75) is 30.5 Å². The van der Waals surface area contributed by atoms with E-state index >= 15 is 0 Å². The predicted octanol–water partition coefficient (Wildman–Crippen LogP) is 0.403. The molecule has 5 atom stereocenters. The largest absolute Gasteiger partial charge is 0.508 e. The Morgan fingerprint density at radius 2 is 1.59 bits per heavy atom. The number of ether oxygens (including phenoxy) is 3. The second kappa shape index (κ2) is 9.12. The molecule has 0 amide bonds. The summed E-state index contributed by atoms with van der Waals surface area (Å²) in [5.41, 5.74) is -0.571. The molecule has 1 aliphatic heterocycles. The Morgan fingerprint density at radius 1 is 0.941 bits per heavy atom. The minimum atomic E-state index is -1.75. The molecule has 1 fully saturated rings. The molecule has 6 N–H and O–H groups in total. The molecular formula is C23H24O11. The average Bonchev–Trinajstić information content (AvgIpc) is 2.83. The quantitative estimate of drug-likeness (QED) is 0.300. The van der Waals surface area contributed by atoms with Crippen molar-refractivity contribution in [2.24, 2.45) is 0 Å². The number of phenols is 2. The SMILES string of the molecule is COc1c(C2OC(CO)C(O)C(O)C2O)c(O)c2c(=O)cc(-c3ccc(O)cc3)oc2c1OC. The Labute approximate surface area is 192 Å². The van der Waals surface area contributed by atoms with E-state index in [4.69, 9.17) is 18.6 Å². The third kappa shape index (κ3) is 3.73. The van der Waals surface area contributed by atoms with Gasteiger partial charge in [-0.2, -0.15) is 0 Å². The molecule has 5 unspecified atom stereocenters.